The number of unbranched alkanes of at least 4 members (excludes halogenated alkanes) is 16. The predicted octanol–water partition coefficient (Wildman–Crippen LogP) is 7.28. The molecule has 0 heterocycles. The highest BCUT2D eigenvalue weighted by atomic mass is 16.3. The lowest BCUT2D eigenvalue weighted by atomic mass is 10.00. The minimum Gasteiger partial charge on any atom is -0.394 e. The van der Waals surface area contributed by atoms with Crippen LogP contribution in [0.25, 0.3) is 0 Å². The Balaban J connectivity index is 3.92. The zero-order valence-electron chi connectivity index (χ0n) is 26.1. The summed E-state index contributed by atoms with van der Waals surface area (Å²) in [6.45, 7) is 3.94. The molecule has 0 aliphatic rings. The highest BCUT2D eigenvalue weighted by Crippen LogP contribution is 2.13. The summed E-state index contributed by atoms with van der Waals surface area (Å²) in [6.07, 6.45) is 29.2. The van der Waals surface area contributed by atoms with Crippen LogP contribution in [0.4, 0.5) is 0 Å². The van der Waals surface area contributed by atoms with Crippen LogP contribution in [0.1, 0.15) is 155 Å². The first-order chi connectivity index (χ1) is 19.5. The van der Waals surface area contributed by atoms with E-state index in [-0.39, 0.29) is 0 Å². The minimum atomic E-state index is -1.28. The third-order valence-corrected chi connectivity index (χ3v) is 7.63. The molecule has 40 heavy (non-hydrogen) atoms. The lowest BCUT2D eigenvalue weighted by Gasteiger charge is -2.27. The van der Waals surface area contributed by atoms with Gasteiger partial charge in [-0.1, -0.05) is 122 Å². The van der Waals surface area contributed by atoms with E-state index in [4.69, 9.17) is 0 Å². The van der Waals surface area contributed by atoms with Crippen molar-refractivity contribution in [3.8, 4) is 0 Å². The van der Waals surface area contributed by atoms with Gasteiger partial charge in [0.1, 0.15) is 12.2 Å². The Hall–Kier alpha value is -1.21. The van der Waals surface area contributed by atoms with Gasteiger partial charge in [0.25, 0.3) is 0 Å². The van der Waals surface area contributed by atoms with Crippen molar-refractivity contribution in [1.82, 2.24) is 5.32 Å². The Morgan fingerprint density at radius 2 is 1.05 bits per heavy atom. The number of allylic oxidation sites excluding steroid dienone is 4. The van der Waals surface area contributed by atoms with Gasteiger partial charge < -0.3 is 25.7 Å². The van der Waals surface area contributed by atoms with E-state index in [2.05, 4.69) is 43.5 Å². The van der Waals surface area contributed by atoms with E-state index in [1.165, 1.54) is 77.0 Å². The van der Waals surface area contributed by atoms with E-state index in [0.29, 0.717) is 12.8 Å². The summed E-state index contributed by atoms with van der Waals surface area (Å²) < 4.78 is 0. The van der Waals surface area contributed by atoms with Gasteiger partial charge in [0.05, 0.1) is 18.8 Å². The molecule has 0 fully saturated rings. The number of hydrogen-bond donors (Lipinski definition) is 5. The van der Waals surface area contributed by atoms with Gasteiger partial charge in [-0.2, -0.15) is 0 Å². The molecular weight excluding hydrogens is 502 g/mol. The maximum absolute atomic E-state index is 12.3. The van der Waals surface area contributed by atoms with Crippen molar-refractivity contribution in [1.29, 1.82) is 0 Å². The van der Waals surface area contributed by atoms with E-state index in [1.54, 1.807) is 0 Å². The van der Waals surface area contributed by atoms with Crippen LogP contribution < -0.4 is 5.32 Å². The van der Waals surface area contributed by atoms with Crippen LogP contribution in [-0.2, 0) is 4.79 Å². The van der Waals surface area contributed by atoms with Crippen LogP contribution in [-0.4, -0.2) is 57.3 Å². The van der Waals surface area contributed by atoms with Crippen molar-refractivity contribution in [3.05, 3.63) is 24.3 Å². The second kappa shape index (κ2) is 29.3. The van der Waals surface area contributed by atoms with Crippen molar-refractivity contribution in [2.24, 2.45) is 0 Å². The van der Waals surface area contributed by atoms with Gasteiger partial charge in [-0.25, -0.2) is 0 Å². The number of rotatable bonds is 29. The largest absolute Gasteiger partial charge is 0.394 e. The van der Waals surface area contributed by atoms with Crippen LogP contribution in [0.3, 0.4) is 0 Å². The second-order valence-corrected chi connectivity index (χ2v) is 11.5. The second-order valence-electron chi connectivity index (χ2n) is 11.5. The first-order valence-corrected chi connectivity index (χ1v) is 16.7. The quantitative estimate of drug-likeness (QED) is 0.0482. The van der Waals surface area contributed by atoms with Gasteiger partial charge in [0, 0.05) is 0 Å². The summed E-state index contributed by atoms with van der Waals surface area (Å²) in [5.41, 5.74) is 0. The Morgan fingerprint density at radius 3 is 1.57 bits per heavy atom. The predicted molar refractivity (Wildman–Crippen MR) is 168 cm³/mol. The smallest absolute Gasteiger partial charge is 0.249 e. The van der Waals surface area contributed by atoms with Crippen molar-refractivity contribution in [2.45, 2.75) is 179 Å². The number of aliphatic hydroxyl groups excluding tert-OH is 4. The maximum Gasteiger partial charge on any atom is 0.249 e. The van der Waals surface area contributed by atoms with Crippen molar-refractivity contribution >= 4 is 5.91 Å². The molecule has 0 aromatic heterocycles. The molecule has 0 spiro atoms. The molecule has 1 amide bonds. The number of carbonyl (C=O) groups is 1. The Labute approximate surface area is 246 Å². The standard InChI is InChI=1S/C34H65NO5/c1-3-5-7-9-11-13-14-15-16-17-18-20-21-23-25-27-31(37)33(39)30(29-36)35-34(40)32(38)28-26-24-22-19-12-10-8-6-4-2/h10,12,20-21,30-33,36-39H,3-9,11,13-19,22-29H2,1-2H3,(H,35,40)/b12-10-,21-20+. The summed E-state index contributed by atoms with van der Waals surface area (Å²) in [5.74, 6) is -0.611. The van der Waals surface area contributed by atoms with Gasteiger partial charge in [-0.05, 0) is 57.8 Å². The lowest BCUT2D eigenvalue weighted by molar-refractivity contribution is -0.132. The third kappa shape index (κ3) is 23.5. The van der Waals surface area contributed by atoms with Crippen LogP contribution >= 0.6 is 0 Å². The molecular formula is C34H65NO5. The van der Waals surface area contributed by atoms with E-state index in [9.17, 15) is 25.2 Å². The molecule has 0 aliphatic carbocycles. The molecule has 6 heteroatoms. The summed E-state index contributed by atoms with van der Waals surface area (Å²) >= 11 is 0. The van der Waals surface area contributed by atoms with Gasteiger partial charge in [0.2, 0.25) is 5.91 Å². The number of nitrogens with one attached hydrogen (secondary N) is 1. The normalized spacial score (nSPS) is 15.1. The number of amides is 1. The van der Waals surface area contributed by atoms with Gasteiger partial charge in [0.15, 0.2) is 0 Å². The third-order valence-electron chi connectivity index (χ3n) is 7.63. The zero-order valence-corrected chi connectivity index (χ0v) is 26.1. The Bertz CT molecular complexity index is 609. The molecule has 5 N–H and O–H groups in total. The van der Waals surface area contributed by atoms with Gasteiger partial charge in [-0.3, -0.25) is 4.79 Å². The fourth-order valence-electron chi connectivity index (χ4n) is 4.85. The summed E-state index contributed by atoms with van der Waals surface area (Å²) in [6, 6.07) is -1.00. The number of hydrogen-bond acceptors (Lipinski definition) is 5. The van der Waals surface area contributed by atoms with E-state index in [0.717, 1.165) is 51.4 Å². The first-order valence-electron chi connectivity index (χ1n) is 16.7. The molecule has 0 bridgehead atoms. The molecule has 0 aliphatic heterocycles. The maximum atomic E-state index is 12.3. The minimum absolute atomic E-state index is 0.341. The molecule has 236 valence electrons. The number of aliphatic hydroxyl groups is 4. The lowest BCUT2D eigenvalue weighted by Crippen LogP contribution is -2.53. The molecule has 4 atom stereocenters. The molecule has 0 aromatic rings. The Kier molecular flexibility index (Phi) is 28.4. The van der Waals surface area contributed by atoms with Crippen LogP contribution in [0, 0.1) is 0 Å². The zero-order chi connectivity index (χ0) is 29.7. The SMILES string of the molecule is CCCC/C=C\CCCCCC(O)C(=O)NC(CO)C(O)C(O)CCC/C=C/CCCCCCCCCCCC. The molecule has 0 saturated heterocycles. The van der Waals surface area contributed by atoms with Crippen LogP contribution in [0.5, 0.6) is 0 Å². The molecule has 0 saturated carbocycles. The molecule has 0 rings (SSSR count). The van der Waals surface area contributed by atoms with Crippen molar-refractivity contribution in [2.75, 3.05) is 6.61 Å². The van der Waals surface area contributed by atoms with Crippen LogP contribution in [0.15, 0.2) is 24.3 Å². The summed E-state index contributed by atoms with van der Waals surface area (Å²) in [5, 5.41) is 43.1. The van der Waals surface area contributed by atoms with Gasteiger partial charge >= 0.3 is 0 Å². The average molecular weight is 568 g/mol. The van der Waals surface area contributed by atoms with Crippen molar-refractivity contribution in [3.63, 3.8) is 0 Å². The number of carbonyl (C=O) groups excluding carboxylic acids is 1. The van der Waals surface area contributed by atoms with Gasteiger partial charge in [-0.15, -0.1) is 0 Å². The summed E-state index contributed by atoms with van der Waals surface area (Å²) in [7, 11) is 0. The molecule has 0 radical (unpaired) electrons. The van der Waals surface area contributed by atoms with Crippen molar-refractivity contribution < 1.29 is 25.2 Å². The Morgan fingerprint density at radius 1 is 0.600 bits per heavy atom. The monoisotopic (exact) mass is 567 g/mol. The van der Waals surface area contributed by atoms with E-state index < -0.39 is 36.9 Å². The average Bonchev–Trinajstić information content (AvgIpc) is 2.96. The molecule has 6 nitrogen and oxygen atoms in total. The summed E-state index contributed by atoms with van der Waals surface area (Å²) in [4.78, 5) is 12.3. The highest BCUT2D eigenvalue weighted by molar-refractivity contribution is 5.80. The fourth-order valence-corrected chi connectivity index (χ4v) is 4.85. The topological polar surface area (TPSA) is 110 Å². The van der Waals surface area contributed by atoms with E-state index >= 15 is 0 Å². The fraction of sp³-hybridized carbons (Fsp3) is 0.853. The molecule has 4 unspecified atom stereocenters. The molecule has 0 aromatic carbocycles. The first kappa shape index (κ1) is 38.8. The van der Waals surface area contributed by atoms with Crippen LogP contribution in [0.2, 0.25) is 0 Å². The van der Waals surface area contributed by atoms with E-state index in [1.807, 2.05) is 0 Å². The highest BCUT2D eigenvalue weighted by Gasteiger charge is 2.28.